The number of nitrogens with zero attached hydrogens (tertiary/aromatic N) is 1. The van der Waals surface area contributed by atoms with Crippen molar-refractivity contribution in [3.8, 4) is 0 Å². The summed E-state index contributed by atoms with van der Waals surface area (Å²) in [7, 11) is 0. The van der Waals surface area contributed by atoms with Crippen LogP contribution in [0.25, 0.3) is 0 Å². The first kappa shape index (κ1) is 10.6. The number of aromatic nitrogens is 2. The van der Waals surface area contributed by atoms with Crippen molar-refractivity contribution in [3.05, 3.63) is 17.5 Å². The van der Waals surface area contributed by atoms with Crippen LogP contribution in [0.5, 0.6) is 0 Å². The predicted molar refractivity (Wildman–Crippen MR) is 39.5 cm³/mol. The summed E-state index contributed by atoms with van der Waals surface area (Å²) in [6.45, 7) is 0. The summed E-state index contributed by atoms with van der Waals surface area (Å²) in [5.74, 6) is -1.14. The molecule has 0 saturated carbocycles. The third kappa shape index (κ3) is 2.48. The maximum absolute atomic E-state index is 12.2. The molecule has 0 bridgehead atoms. The Morgan fingerprint density at radius 2 is 2.21 bits per heavy atom. The van der Waals surface area contributed by atoms with Gasteiger partial charge in [0.2, 0.25) is 0 Å². The Labute approximate surface area is 76.7 Å². The molecular weight excluding hydrogens is 201 g/mol. The molecule has 14 heavy (non-hydrogen) atoms. The highest BCUT2D eigenvalue weighted by Crippen LogP contribution is 2.30. The van der Waals surface area contributed by atoms with Crippen LogP contribution in [0.2, 0.25) is 0 Å². The zero-order chi connectivity index (χ0) is 10.8. The number of aromatic amines is 1. The SMILES string of the molecule is O=C(O)CCc1cn[nH]c1C(F)(F)F. The molecule has 2 N–H and O–H groups in total. The van der Waals surface area contributed by atoms with Gasteiger partial charge in [-0.15, -0.1) is 0 Å². The number of alkyl halides is 3. The summed E-state index contributed by atoms with van der Waals surface area (Å²) in [5.41, 5.74) is -1.10. The van der Waals surface area contributed by atoms with Crippen molar-refractivity contribution in [2.75, 3.05) is 0 Å². The van der Waals surface area contributed by atoms with E-state index in [1.807, 2.05) is 0 Å². The first-order chi connectivity index (χ1) is 6.41. The molecule has 1 rings (SSSR count). The van der Waals surface area contributed by atoms with E-state index in [0.29, 0.717) is 0 Å². The summed E-state index contributed by atoms with van der Waals surface area (Å²) in [4.78, 5) is 10.1. The molecule has 0 aliphatic carbocycles. The highest BCUT2D eigenvalue weighted by atomic mass is 19.4. The van der Waals surface area contributed by atoms with Gasteiger partial charge in [0, 0.05) is 12.0 Å². The van der Waals surface area contributed by atoms with Gasteiger partial charge in [-0.1, -0.05) is 0 Å². The Bertz CT molecular complexity index is 332. The number of rotatable bonds is 3. The van der Waals surface area contributed by atoms with Gasteiger partial charge in [-0.3, -0.25) is 9.89 Å². The van der Waals surface area contributed by atoms with Crippen LogP contribution >= 0.6 is 0 Å². The minimum Gasteiger partial charge on any atom is -0.481 e. The lowest BCUT2D eigenvalue weighted by atomic mass is 10.1. The lowest BCUT2D eigenvalue weighted by Gasteiger charge is -2.05. The fourth-order valence-corrected chi connectivity index (χ4v) is 0.988. The van der Waals surface area contributed by atoms with Crippen molar-refractivity contribution in [2.24, 2.45) is 0 Å². The molecule has 1 aromatic rings. The number of hydrogen-bond acceptors (Lipinski definition) is 2. The highest BCUT2D eigenvalue weighted by molar-refractivity contribution is 5.67. The monoisotopic (exact) mass is 208 g/mol. The molecule has 78 valence electrons. The Morgan fingerprint density at radius 3 is 2.71 bits per heavy atom. The summed E-state index contributed by atoms with van der Waals surface area (Å²) in [6.07, 6.45) is -4.04. The van der Waals surface area contributed by atoms with Crippen LogP contribution in [0.1, 0.15) is 17.7 Å². The van der Waals surface area contributed by atoms with E-state index >= 15 is 0 Å². The van der Waals surface area contributed by atoms with Gasteiger partial charge in [0.25, 0.3) is 0 Å². The number of nitrogens with one attached hydrogen (secondary N) is 1. The van der Waals surface area contributed by atoms with E-state index in [1.165, 1.54) is 0 Å². The molecule has 0 radical (unpaired) electrons. The predicted octanol–water partition coefficient (Wildman–Crippen LogP) is 1.45. The number of carboxylic acids is 1. The molecule has 0 amide bonds. The van der Waals surface area contributed by atoms with Crippen molar-refractivity contribution in [1.29, 1.82) is 0 Å². The number of carboxylic acid groups (broad SMARTS) is 1. The van der Waals surface area contributed by atoms with Crippen LogP contribution in [0.3, 0.4) is 0 Å². The van der Waals surface area contributed by atoms with Crippen LogP contribution in [-0.2, 0) is 17.4 Å². The highest BCUT2D eigenvalue weighted by Gasteiger charge is 2.35. The molecule has 0 aromatic carbocycles. The van der Waals surface area contributed by atoms with Gasteiger partial charge in [-0.25, -0.2) is 0 Å². The maximum atomic E-state index is 12.2. The number of aliphatic carboxylic acids is 1. The lowest BCUT2D eigenvalue weighted by Crippen LogP contribution is -2.09. The van der Waals surface area contributed by atoms with Gasteiger partial charge in [0.15, 0.2) is 0 Å². The van der Waals surface area contributed by atoms with Gasteiger partial charge < -0.3 is 5.11 Å². The summed E-state index contributed by atoms with van der Waals surface area (Å²) in [5, 5.41) is 13.3. The first-order valence-corrected chi connectivity index (χ1v) is 3.72. The molecule has 0 unspecified atom stereocenters. The smallest absolute Gasteiger partial charge is 0.433 e. The number of aryl methyl sites for hydroxylation is 1. The first-order valence-electron chi connectivity index (χ1n) is 3.72. The van der Waals surface area contributed by atoms with E-state index in [-0.39, 0.29) is 18.4 Å². The Balaban J connectivity index is 2.78. The van der Waals surface area contributed by atoms with Gasteiger partial charge in [0.05, 0.1) is 6.20 Å². The fourth-order valence-electron chi connectivity index (χ4n) is 0.988. The third-order valence-corrected chi connectivity index (χ3v) is 1.61. The van der Waals surface area contributed by atoms with Crippen LogP contribution < -0.4 is 0 Å². The molecule has 7 heteroatoms. The van der Waals surface area contributed by atoms with Crippen LogP contribution in [-0.4, -0.2) is 21.3 Å². The second-order valence-electron chi connectivity index (χ2n) is 2.66. The van der Waals surface area contributed by atoms with E-state index < -0.39 is 17.8 Å². The van der Waals surface area contributed by atoms with Gasteiger partial charge in [0.1, 0.15) is 5.69 Å². The van der Waals surface area contributed by atoms with Gasteiger partial charge >= 0.3 is 12.1 Å². The molecule has 0 aliphatic heterocycles. The normalized spacial score (nSPS) is 11.6. The van der Waals surface area contributed by atoms with E-state index in [1.54, 1.807) is 5.10 Å². The number of hydrogen-bond donors (Lipinski definition) is 2. The van der Waals surface area contributed by atoms with Crippen LogP contribution in [0.4, 0.5) is 13.2 Å². The van der Waals surface area contributed by atoms with Crippen LogP contribution in [0, 0.1) is 0 Å². The van der Waals surface area contributed by atoms with Crippen molar-refractivity contribution < 1.29 is 23.1 Å². The van der Waals surface area contributed by atoms with Crippen molar-refractivity contribution in [1.82, 2.24) is 10.2 Å². The summed E-state index contributed by atoms with van der Waals surface area (Å²) < 4.78 is 36.6. The Kier molecular flexibility index (Phi) is 2.78. The Morgan fingerprint density at radius 1 is 1.57 bits per heavy atom. The Hall–Kier alpha value is -1.53. The average Bonchev–Trinajstić information content (AvgIpc) is 2.46. The molecule has 1 aromatic heterocycles. The molecule has 4 nitrogen and oxygen atoms in total. The largest absolute Gasteiger partial charge is 0.481 e. The molecule has 0 fully saturated rings. The number of carbonyl (C=O) groups is 1. The molecule has 0 saturated heterocycles. The molecule has 0 aliphatic rings. The standard InChI is InChI=1S/C7H7F3N2O2/c8-7(9,10)6-4(3-11-12-6)1-2-5(13)14/h3H,1-2H2,(H,11,12)(H,13,14). The third-order valence-electron chi connectivity index (χ3n) is 1.61. The minimum absolute atomic E-state index is 0.125. The topological polar surface area (TPSA) is 66.0 Å². The van der Waals surface area contributed by atoms with Crippen molar-refractivity contribution >= 4 is 5.97 Å². The van der Waals surface area contributed by atoms with Crippen molar-refractivity contribution in [3.63, 3.8) is 0 Å². The lowest BCUT2D eigenvalue weighted by molar-refractivity contribution is -0.142. The second-order valence-corrected chi connectivity index (χ2v) is 2.66. The minimum atomic E-state index is -4.51. The van der Waals surface area contributed by atoms with Gasteiger partial charge in [-0.05, 0) is 6.42 Å². The van der Waals surface area contributed by atoms with Crippen molar-refractivity contribution in [2.45, 2.75) is 19.0 Å². The van der Waals surface area contributed by atoms with E-state index in [0.717, 1.165) is 6.20 Å². The number of halogens is 3. The quantitative estimate of drug-likeness (QED) is 0.789. The molecule has 0 spiro atoms. The van der Waals surface area contributed by atoms with Crippen LogP contribution in [0.15, 0.2) is 6.20 Å². The van der Waals surface area contributed by atoms with E-state index in [2.05, 4.69) is 5.10 Å². The fraction of sp³-hybridized carbons (Fsp3) is 0.429. The zero-order valence-corrected chi connectivity index (χ0v) is 6.93. The summed E-state index contributed by atoms with van der Waals surface area (Å²) >= 11 is 0. The molecular formula is C7H7F3N2O2. The summed E-state index contributed by atoms with van der Waals surface area (Å²) in [6, 6.07) is 0. The van der Waals surface area contributed by atoms with Gasteiger partial charge in [-0.2, -0.15) is 18.3 Å². The average molecular weight is 208 g/mol. The molecule has 0 atom stereocenters. The second kappa shape index (κ2) is 3.69. The zero-order valence-electron chi connectivity index (χ0n) is 6.93. The maximum Gasteiger partial charge on any atom is 0.433 e. The van der Waals surface area contributed by atoms with E-state index in [9.17, 15) is 18.0 Å². The molecule has 1 heterocycles. The van der Waals surface area contributed by atoms with E-state index in [4.69, 9.17) is 5.11 Å². The number of H-pyrrole nitrogens is 1.